The van der Waals surface area contributed by atoms with Crippen LogP contribution in [0.15, 0.2) is 48.5 Å². The van der Waals surface area contributed by atoms with E-state index in [1.54, 1.807) is 19.0 Å². The van der Waals surface area contributed by atoms with Crippen LogP contribution in [0.1, 0.15) is 16.1 Å². The van der Waals surface area contributed by atoms with Crippen molar-refractivity contribution in [3.8, 4) is 11.1 Å². The molecule has 0 aliphatic carbocycles. The Labute approximate surface area is 152 Å². The summed E-state index contributed by atoms with van der Waals surface area (Å²) in [5.41, 5.74) is 4.04. The molecular formula is C19H18Cl2N2O. The topological polar surface area (TPSA) is 33.2 Å². The number of hydrogen-bond acceptors (Lipinski definition) is 2. The van der Waals surface area contributed by atoms with Gasteiger partial charge < -0.3 is 4.90 Å². The van der Waals surface area contributed by atoms with Crippen molar-refractivity contribution in [3.05, 3.63) is 64.8 Å². The zero-order valence-corrected chi connectivity index (χ0v) is 15.3. The number of pyridine rings is 1. The highest BCUT2D eigenvalue weighted by Gasteiger charge is 2.21. The van der Waals surface area contributed by atoms with E-state index in [-0.39, 0.29) is 18.3 Å². The van der Waals surface area contributed by atoms with Gasteiger partial charge in [0.15, 0.2) is 0 Å². The maximum Gasteiger partial charge on any atom is 0.255 e. The summed E-state index contributed by atoms with van der Waals surface area (Å²) in [6, 6.07) is 15.5. The van der Waals surface area contributed by atoms with Crippen LogP contribution in [0.5, 0.6) is 0 Å². The van der Waals surface area contributed by atoms with Gasteiger partial charge >= 0.3 is 0 Å². The molecule has 0 spiro atoms. The van der Waals surface area contributed by atoms with Crippen molar-refractivity contribution in [2.45, 2.75) is 6.92 Å². The summed E-state index contributed by atoms with van der Waals surface area (Å²) < 4.78 is 0. The summed E-state index contributed by atoms with van der Waals surface area (Å²) >= 11 is 6.19. The van der Waals surface area contributed by atoms with Crippen LogP contribution < -0.4 is 0 Å². The lowest BCUT2D eigenvalue weighted by Gasteiger charge is -2.18. The molecule has 0 aliphatic heterocycles. The molecular weight excluding hydrogens is 343 g/mol. The Hall–Kier alpha value is -2.10. The molecule has 1 aromatic heterocycles. The van der Waals surface area contributed by atoms with Gasteiger partial charge in [0.05, 0.1) is 16.8 Å². The lowest BCUT2D eigenvalue weighted by atomic mass is 9.93. The number of hydrogen-bond donors (Lipinski definition) is 0. The Morgan fingerprint density at radius 3 is 2.38 bits per heavy atom. The molecule has 0 saturated heterocycles. The van der Waals surface area contributed by atoms with Crippen LogP contribution in [0.4, 0.5) is 0 Å². The summed E-state index contributed by atoms with van der Waals surface area (Å²) in [6.07, 6.45) is 0. The number of nitrogens with zero attached hydrogens (tertiary/aromatic N) is 2. The number of benzene rings is 2. The highest BCUT2D eigenvalue weighted by atomic mass is 35.5. The Morgan fingerprint density at radius 1 is 1.08 bits per heavy atom. The van der Waals surface area contributed by atoms with Crippen LogP contribution in [0.3, 0.4) is 0 Å². The van der Waals surface area contributed by atoms with Gasteiger partial charge in [0.2, 0.25) is 0 Å². The normalized spacial score (nSPS) is 10.3. The zero-order valence-electron chi connectivity index (χ0n) is 13.7. The summed E-state index contributed by atoms with van der Waals surface area (Å²) in [5, 5.41) is 1.52. The van der Waals surface area contributed by atoms with Crippen LogP contribution in [0.25, 0.3) is 22.0 Å². The number of fused-ring (bicyclic) bond motifs is 1. The first-order chi connectivity index (χ1) is 11.0. The Morgan fingerprint density at radius 2 is 1.75 bits per heavy atom. The third kappa shape index (κ3) is 3.23. The molecule has 5 heteroatoms. The van der Waals surface area contributed by atoms with Crippen LogP contribution in [-0.2, 0) is 0 Å². The second-order valence-corrected chi connectivity index (χ2v) is 6.11. The fourth-order valence-electron chi connectivity index (χ4n) is 2.75. The predicted molar refractivity (Wildman–Crippen MR) is 102 cm³/mol. The molecule has 0 fully saturated rings. The number of aromatic nitrogens is 1. The first kappa shape index (κ1) is 18.2. The SMILES string of the molecule is Cc1nc2ccc(Cl)cc2c(-c2ccccc2)c1C(=O)N(C)C.Cl. The van der Waals surface area contributed by atoms with Gasteiger partial charge in [0.1, 0.15) is 0 Å². The standard InChI is InChI=1S/C19H17ClN2O.ClH/c1-12-17(19(23)22(2)3)18(13-7-5-4-6-8-13)15-11-14(20)9-10-16(15)21-12;/h4-11H,1-3H3;1H. The largest absolute Gasteiger partial charge is 0.345 e. The number of amides is 1. The van der Waals surface area contributed by atoms with E-state index in [9.17, 15) is 4.79 Å². The van der Waals surface area contributed by atoms with E-state index in [2.05, 4.69) is 4.98 Å². The monoisotopic (exact) mass is 360 g/mol. The highest BCUT2D eigenvalue weighted by molar-refractivity contribution is 6.31. The van der Waals surface area contributed by atoms with E-state index < -0.39 is 0 Å². The van der Waals surface area contributed by atoms with Gasteiger partial charge in [0.25, 0.3) is 5.91 Å². The van der Waals surface area contributed by atoms with E-state index in [1.807, 2.05) is 55.5 Å². The Kier molecular flexibility index (Phi) is 5.47. The zero-order chi connectivity index (χ0) is 16.6. The van der Waals surface area contributed by atoms with E-state index in [4.69, 9.17) is 11.6 Å². The van der Waals surface area contributed by atoms with Gasteiger partial charge in [-0.15, -0.1) is 12.4 Å². The quantitative estimate of drug-likeness (QED) is 0.644. The first-order valence-corrected chi connectivity index (χ1v) is 7.74. The van der Waals surface area contributed by atoms with Crippen molar-refractivity contribution in [3.63, 3.8) is 0 Å². The molecule has 2 aromatic carbocycles. The van der Waals surface area contributed by atoms with Crippen LogP contribution in [-0.4, -0.2) is 29.9 Å². The summed E-state index contributed by atoms with van der Waals surface area (Å²) in [4.78, 5) is 18.9. The molecule has 0 unspecified atom stereocenters. The number of halogens is 2. The molecule has 124 valence electrons. The maximum absolute atomic E-state index is 12.7. The minimum Gasteiger partial charge on any atom is -0.345 e. The molecule has 0 aliphatic rings. The predicted octanol–water partition coefficient (Wildman–Crippen LogP) is 4.99. The Bertz CT molecular complexity index is 893. The molecule has 3 rings (SSSR count). The van der Waals surface area contributed by atoms with Gasteiger partial charge in [-0.3, -0.25) is 9.78 Å². The van der Waals surface area contributed by atoms with E-state index in [1.165, 1.54) is 0 Å². The fourth-order valence-corrected chi connectivity index (χ4v) is 2.92. The molecule has 0 N–H and O–H groups in total. The van der Waals surface area contributed by atoms with E-state index >= 15 is 0 Å². The van der Waals surface area contributed by atoms with Crippen LogP contribution in [0.2, 0.25) is 5.02 Å². The second kappa shape index (κ2) is 7.20. The second-order valence-electron chi connectivity index (χ2n) is 5.67. The molecule has 0 bridgehead atoms. The summed E-state index contributed by atoms with van der Waals surface area (Å²) in [5.74, 6) is -0.0595. The van der Waals surface area contributed by atoms with E-state index in [0.29, 0.717) is 10.6 Å². The third-order valence-corrected chi connectivity index (χ3v) is 4.05. The van der Waals surface area contributed by atoms with Crippen molar-refractivity contribution in [2.75, 3.05) is 14.1 Å². The lowest BCUT2D eigenvalue weighted by molar-refractivity contribution is 0.0827. The lowest BCUT2D eigenvalue weighted by Crippen LogP contribution is -2.24. The fraction of sp³-hybridized carbons (Fsp3) is 0.158. The molecule has 0 atom stereocenters. The average Bonchev–Trinajstić information content (AvgIpc) is 2.54. The average molecular weight is 361 g/mol. The van der Waals surface area contributed by atoms with Crippen molar-refractivity contribution < 1.29 is 4.79 Å². The molecule has 0 saturated carbocycles. The summed E-state index contributed by atoms with van der Waals surface area (Å²) in [6.45, 7) is 1.87. The minimum atomic E-state index is -0.0595. The molecule has 0 radical (unpaired) electrons. The van der Waals surface area contributed by atoms with Gasteiger partial charge in [-0.2, -0.15) is 0 Å². The molecule has 3 aromatic rings. The maximum atomic E-state index is 12.7. The van der Waals surface area contributed by atoms with E-state index in [0.717, 1.165) is 27.7 Å². The van der Waals surface area contributed by atoms with Crippen LogP contribution >= 0.6 is 24.0 Å². The van der Waals surface area contributed by atoms with Crippen molar-refractivity contribution in [2.24, 2.45) is 0 Å². The van der Waals surface area contributed by atoms with Gasteiger partial charge in [-0.25, -0.2) is 0 Å². The molecule has 3 nitrogen and oxygen atoms in total. The summed E-state index contributed by atoms with van der Waals surface area (Å²) in [7, 11) is 3.50. The minimum absolute atomic E-state index is 0. The molecule has 1 heterocycles. The smallest absolute Gasteiger partial charge is 0.255 e. The van der Waals surface area contributed by atoms with Crippen molar-refractivity contribution >= 4 is 40.8 Å². The molecule has 24 heavy (non-hydrogen) atoms. The van der Waals surface area contributed by atoms with Crippen LogP contribution in [0, 0.1) is 6.92 Å². The first-order valence-electron chi connectivity index (χ1n) is 7.36. The van der Waals surface area contributed by atoms with Gasteiger partial charge in [-0.1, -0.05) is 41.9 Å². The number of carbonyl (C=O) groups is 1. The van der Waals surface area contributed by atoms with Gasteiger partial charge in [-0.05, 0) is 30.7 Å². The van der Waals surface area contributed by atoms with Crippen molar-refractivity contribution in [1.82, 2.24) is 9.88 Å². The molecule has 1 amide bonds. The Balaban J connectivity index is 0.00000208. The number of rotatable bonds is 2. The van der Waals surface area contributed by atoms with Crippen molar-refractivity contribution in [1.29, 1.82) is 0 Å². The van der Waals surface area contributed by atoms with Gasteiger partial charge in [0, 0.05) is 30.1 Å². The number of carbonyl (C=O) groups excluding carboxylic acids is 1. The number of aryl methyl sites for hydroxylation is 1. The third-order valence-electron chi connectivity index (χ3n) is 3.81. The highest BCUT2D eigenvalue weighted by Crippen LogP contribution is 2.34.